The molecule has 2 rings (SSSR count). The zero-order chi connectivity index (χ0) is 10.7. The highest BCUT2D eigenvalue weighted by molar-refractivity contribution is 5.37. The highest BCUT2D eigenvalue weighted by atomic mass is 19.1. The number of halogens is 1. The van der Waals surface area contributed by atoms with Gasteiger partial charge >= 0.3 is 0 Å². The maximum Gasteiger partial charge on any atom is 0.137 e. The summed E-state index contributed by atoms with van der Waals surface area (Å²) in [6.45, 7) is 0.348. The Kier molecular flexibility index (Phi) is 2.42. The van der Waals surface area contributed by atoms with Gasteiger partial charge in [-0.15, -0.1) is 0 Å². The molecule has 0 amide bonds. The fraction of sp³-hybridized carbons (Fsp3) is 0.100. The summed E-state index contributed by atoms with van der Waals surface area (Å²) in [5.74, 6) is -0.357. The summed E-state index contributed by atoms with van der Waals surface area (Å²) in [5, 5.41) is 12.7. The SMILES string of the molecule is N#Cc1ccc(F)cc1Cn1cncn1. The summed E-state index contributed by atoms with van der Waals surface area (Å²) in [6.07, 6.45) is 2.91. The van der Waals surface area contributed by atoms with Crippen molar-refractivity contribution in [1.29, 1.82) is 5.26 Å². The van der Waals surface area contributed by atoms with Crippen LogP contribution in [-0.4, -0.2) is 14.8 Å². The van der Waals surface area contributed by atoms with Crippen molar-refractivity contribution in [2.45, 2.75) is 6.54 Å². The van der Waals surface area contributed by atoms with Crippen LogP contribution in [0, 0.1) is 17.1 Å². The third-order valence-corrected chi connectivity index (χ3v) is 1.99. The molecule has 74 valence electrons. The molecular weight excluding hydrogens is 195 g/mol. The Morgan fingerprint density at radius 3 is 3.00 bits per heavy atom. The molecule has 1 aromatic heterocycles. The first-order chi connectivity index (χ1) is 7.29. The first-order valence-electron chi connectivity index (χ1n) is 4.30. The van der Waals surface area contributed by atoms with E-state index in [-0.39, 0.29) is 5.82 Å². The zero-order valence-electron chi connectivity index (χ0n) is 7.76. The summed E-state index contributed by atoms with van der Waals surface area (Å²) in [5.41, 5.74) is 1.05. The van der Waals surface area contributed by atoms with Crippen molar-refractivity contribution in [3.8, 4) is 6.07 Å². The number of aromatic nitrogens is 3. The van der Waals surface area contributed by atoms with Crippen molar-refractivity contribution in [3.63, 3.8) is 0 Å². The van der Waals surface area contributed by atoms with Gasteiger partial charge in [-0.25, -0.2) is 14.1 Å². The fourth-order valence-electron chi connectivity index (χ4n) is 1.29. The Bertz CT molecular complexity index is 499. The van der Waals surface area contributed by atoms with Crippen LogP contribution in [0.2, 0.25) is 0 Å². The third kappa shape index (κ3) is 1.99. The summed E-state index contributed by atoms with van der Waals surface area (Å²) in [4.78, 5) is 3.77. The van der Waals surface area contributed by atoms with Crippen LogP contribution >= 0.6 is 0 Å². The van der Waals surface area contributed by atoms with E-state index in [9.17, 15) is 4.39 Å². The first-order valence-corrected chi connectivity index (χ1v) is 4.30. The quantitative estimate of drug-likeness (QED) is 0.738. The predicted molar refractivity (Wildman–Crippen MR) is 50.2 cm³/mol. The normalized spacial score (nSPS) is 9.87. The molecule has 0 saturated heterocycles. The smallest absolute Gasteiger partial charge is 0.137 e. The van der Waals surface area contributed by atoms with Gasteiger partial charge in [-0.1, -0.05) is 0 Å². The van der Waals surface area contributed by atoms with E-state index in [4.69, 9.17) is 5.26 Å². The highest BCUT2D eigenvalue weighted by Crippen LogP contribution is 2.11. The van der Waals surface area contributed by atoms with Crippen LogP contribution in [0.4, 0.5) is 4.39 Å². The molecule has 2 aromatic rings. The second kappa shape index (κ2) is 3.88. The van der Waals surface area contributed by atoms with E-state index in [0.29, 0.717) is 17.7 Å². The average Bonchev–Trinajstić information content (AvgIpc) is 2.71. The Morgan fingerprint density at radius 1 is 1.47 bits per heavy atom. The number of nitriles is 1. The number of hydrogen-bond donors (Lipinski definition) is 0. The summed E-state index contributed by atoms with van der Waals surface area (Å²) in [7, 11) is 0. The number of nitrogens with zero attached hydrogens (tertiary/aromatic N) is 4. The Balaban J connectivity index is 2.35. The summed E-state index contributed by atoms with van der Waals surface area (Å²) >= 11 is 0. The molecule has 0 N–H and O–H groups in total. The highest BCUT2D eigenvalue weighted by Gasteiger charge is 2.04. The van der Waals surface area contributed by atoms with Crippen LogP contribution in [0.15, 0.2) is 30.9 Å². The molecule has 0 fully saturated rings. The van der Waals surface area contributed by atoms with Crippen LogP contribution in [0.1, 0.15) is 11.1 Å². The minimum atomic E-state index is -0.357. The molecule has 0 spiro atoms. The van der Waals surface area contributed by atoms with Gasteiger partial charge in [0.15, 0.2) is 0 Å². The Hall–Kier alpha value is -2.22. The minimum absolute atomic E-state index is 0.348. The largest absolute Gasteiger partial charge is 0.249 e. The van der Waals surface area contributed by atoms with Crippen molar-refractivity contribution < 1.29 is 4.39 Å². The lowest BCUT2D eigenvalue weighted by atomic mass is 10.1. The Morgan fingerprint density at radius 2 is 2.33 bits per heavy atom. The van der Waals surface area contributed by atoms with E-state index in [1.165, 1.54) is 35.5 Å². The van der Waals surface area contributed by atoms with Crippen molar-refractivity contribution in [1.82, 2.24) is 14.8 Å². The molecular formula is C10H7FN4. The molecule has 4 nitrogen and oxygen atoms in total. The van der Waals surface area contributed by atoms with E-state index in [1.807, 2.05) is 6.07 Å². The molecule has 0 bridgehead atoms. The minimum Gasteiger partial charge on any atom is -0.249 e. The second-order valence-electron chi connectivity index (χ2n) is 3.01. The molecule has 0 unspecified atom stereocenters. The number of rotatable bonds is 2. The van der Waals surface area contributed by atoms with E-state index in [1.54, 1.807) is 0 Å². The number of hydrogen-bond acceptors (Lipinski definition) is 3. The average molecular weight is 202 g/mol. The lowest BCUT2D eigenvalue weighted by Crippen LogP contribution is -2.02. The topological polar surface area (TPSA) is 54.5 Å². The van der Waals surface area contributed by atoms with E-state index < -0.39 is 0 Å². The lowest BCUT2D eigenvalue weighted by molar-refractivity contribution is 0.618. The van der Waals surface area contributed by atoms with Gasteiger partial charge in [-0.2, -0.15) is 10.4 Å². The van der Waals surface area contributed by atoms with Gasteiger partial charge in [-0.05, 0) is 23.8 Å². The van der Waals surface area contributed by atoms with E-state index >= 15 is 0 Å². The molecule has 15 heavy (non-hydrogen) atoms. The van der Waals surface area contributed by atoms with Crippen LogP contribution in [0.5, 0.6) is 0 Å². The third-order valence-electron chi connectivity index (χ3n) is 1.99. The van der Waals surface area contributed by atoms with Crippen molar-refractivity contribution in [3.05, 3.63) is 47.8 Å². The van der Waals surface area contributed by atoms with Crippen LogP contribution in [0.3, 0.4) is 0 Å². The molecule has 5 heteroatoms. The number of benzene rings is 1. The molecule has 0 atom stereocenters. The van der Waals surface area contributed by atoms with Gasteiger partial charge in [0.25, 0.3) is 0 Å². The van der Waals surface area contributed by atoms with Crippen LogP contribution < -0.4 is 0 Å². The molecule has 0 aliphatic heterocycles. The van der Waals surface area contributed by atoms with Crippen molar-refractivity contribution in [2.24, 2.45) is 0 Å². The molecule has 0 aliphatic rings. The summed E-state index contributed by atoms with van der Waals surface area (Å²) in [6, 6.07) is 6.07. The van der Waals surface area contributed by atoms with E-state index in [2.05, 4.69) is 10.1 Å². The van der Waals surface area contributed by atoms with Crippen molar-refractivity contribution in [2.75, 3.05) is 0 Å². The van der Waals surface area contributed by atoms with Gasteiger partial charge in [-0.3, -0.25) is 0 Å². The van der Waals surface area contributed by atoms with Gasteiger partial charge in [0.1, 0.15) is 18.5 Å². The lowest BCUT2D eigenvalue weighted by Gasteiger charge is -2.03. The Labute approximate surface area is 85.6 Å². The first kappa shape index (κ1) is 9.34. The second-order valence-corrected chi connectivity index (χ2v) is 3.01. The predicted octanol–water partition coefficient (Wildman–Crippen LogP) is 1.34. The fourth-order valence-corrected chi connectivity index (χ4v) is 1.29. The standard InChI is InChI=1S/C10H7FN4/c11-10-2-1-8(4-12)9(3-10)5-15-7-13-6-14-15/h1-3,6-7H,5H2. The van der Waals surface area contributed by atoms with Crippen LogP contribution in [0.25, 0.3) is 0 Å². The monoisotopic (exact) mass is 202 g/mol. The molecule has 1 aromatic carbocycles. The van der Waals surface area contributed by atoms with Crippen LogP contribution in [-0.2, 0) is 6.54 Å². The van der Waals surface area contributed by atoms with Gasteiger partial charge in [0.05, 0.1) is 18.2 Å². The molecule has 0 saturated carbocycles. The van der Waals surface area contributed by atoms with Gasteiger partial charge in [0.2, 0.25) is 0 Å². The molecule has 0 radical (unpaired) electrons. The van der Waals surface area contributed by atoms with Crippen molar-refractivity contribution >= 4 is 0 Å². The maximum atomic E-state index is 13.0. The van der Waals surface area contributed by atoms with Gasteiger partial charge in [0, 0.05) is 0 Å². The summed E-state index contributed by atoms with van der Waals surface area (Å²) < 4.78 is 14.5. The van der Waals surface area contributed by atoms with E-state index in [0.717, 1.165) is 0 Å². The zero-order valence-corrected chi connectivity index (χ0v) is 7.76. The molecule has 1 heterocycles. The molecule has 0 aliphatic carbocycles. The van der Waals surface area contributed by atoms with Gasteiger partial charge < -0.3 is 0 Å². The maximum absolute atomic E-state index is 13.0.